The lowest BCUT2D eigenvalue weighted by atomic mass is 10.1. The van der Waals surface area contributed by atoms with E-state index in [1.165, 1.54) is 0 Å². The van der Waals surface area contributed by atoms with Crippen molar-refractivity contribution in [3.63, 3.8) is 0 Å². The van der Waals surface area contributed by atoms with Gasteiger partial charge in [-0.25, -0.2) is 4.79 Å². The third-order valence-electron chi connectivity index (χ3n) is 4.60. The Morgan fingerprint density at radius 2 is 1.69 bits per heavy atom. The first-order chi connectivity index (χ1) is 14.0. The molecule has 7 heteroatoms. The molecule has 4 N–H and O–H groups in total. The highest BCUT2D eigenvalue weighted by atomic mass is 16.6. The largest absolute Gasteiger partial charge is 0.497 e. The minimum Gasteiger partial charge on any atom is -0.497 e. The molecule has 0 radical (unpaired) electrons. The summed E-state index contributed by atoms with van der Waals surface area (Å²) in [6.45, 7) is 1.13. The summed E-state index contributed by atoms with van der Waals surface area (Å²) in [6.07, 6.45) is 1.26. The Morgan fingerprint density at radius 3 is 2.31 bits per heavy atom. The molecule has 2 aromatic carbocycles. The molecule has 2 amide bonds. The smallest absolute Gasteiger partial charge is 0.410 e. The lowest BCUT2D eigenvalue weighted by molar-refractivity contribution is -0.119. The van der Waals surface area contributed by atoms with E-state index < -0.39 is 18.0 Å². The number of rotatable bonds is 11. The van der Waals surface area contributed by atoms with Gasteiger partial charge in [0.1, 0.15) is 12.4 Å². The number of amides is 2. The van der Waals surface area contributed by atoms with Gasteiger partial charge in [-0.15, -0.1) is 0 Å². The van der Waals surface area contributed by atoms with E-state index in [0.717, 1.165) is 16.9 Å². The molecule has 0 fully saturated rings. The maximum Gasteiger partial charge on any atom is 0.410 e. The van der Waals surface area contributed by atoms with Crippen LogP contribution in [0.1, 0.15) is 24.0 Å². The van der Waals surface area contributed by atoms with Crippen LogP contribution in [0.3, 0.4) is 0 Å². The maximum absolute atomic E-state index is 12.6. The van der Waals surface area contributed by atoms with E-state index in [1.54, 1.807) is 12.0 Å². The predicted octanol–water partition coefficient (Wildman–Crippen LogP) is 2.47. The van der Waals surface area contributed by atoms with Crippen LogP contribution in [-0.2, 0) is 22.6 Å². The number of ether oxygens (including phenoxy) is 2. The van der Waals surface area contributed by atoms with Gasteiger partial charge in [0.2, 0.25) is 5.91 Å². The molecule has 0 saturated carbocycles. The van der Waals surface area contributed by atoms with Crippen molar-refractivity contribution in [1.82, 2.24) is 4.90 Å². The molecular weight excluding hydrogens is 370 g/mol. The van der Waals surface area contributed by atoms with Crippen molar-refractivity contribution < 1.29 is 19.1 Å². The standard InChI is InChI=1S/C22H29N3O4/c1-28-19-11-9-17(10-12-19)13-15-25(14-5-8-20(23)21(24)26)22(27)29-16-18-6-3-2-4-7-18/h2-4,6-7,9-12,20H,5,8,13-16,23H2,1H3,(H2,24,26)/t20-/m1/s1. The van der Waals surface area contributed by atoms with Crippen molar-refractivity contribution in [2.24, 2.45) is 11.5 Å². The van der Waals surface area contributed by atoms with E-state index in [9.17, 15) is 9.59 Å². The maximum atomic E-state index is 12.6. The number of benzene rings is 2. The van der Waals surface area contributed by atoms with E-state index in [1.807, 2.05) is 54.6 Å². The second kappa shape index (κ2) is 11.7. The van der Waals surface area contributed by atoms with Gasteiger partial charge in [-0.3, -0.25) is 4.79 Å². The van der Waals surface area contributed by atoms with Gasteiger partial charge in [0.05, 0.1) is 13.2 Å². The van der Waals surface area contributed by atoms with Crippen LogP contribution in [-0.4, -0.2) is 43.1 Å². The van der Waals surface area contributed by atoms with Crippen molar-refractivity contribution in [3.05, 3.63) is 65.7 Å². The molecule has 0 heterocycles. The van der Waals surface area contributed by atoms with E-state index >= 15 is 0 Å². The van der Waals surface area contributed by atoms with Gasteiger partial charge >= 0.3 is 6.09 Å². The molecule has 156 valence electrons. The Balaban J connectivity index is 1.93. The first-order valence-corrected chi connectivity index (χ1v) is 9.63. The fraction of sp³-hybridized carbons (Fsp3) is 0.364. The first-order valence-electron chi connectivity index (χ1n) is 9.63. The van der Waals surface area contributed by atoms with Crippen molar-refractivity contribution in [3.8, 4) is 5.75 Å². The average Bonchev–Trinajstić information content (AvgIpc) is 2.75. The first kappa shape index (κ1) is 22.2. The number of carbonyl (C=O) groups excluding carboxylic acids is 2. The number of hydrogen-bond donors (Lipinski definition) is 2. The molecule has 0 aliphatic heterocycles. The average molecular weight is 399 g/mol. The molecule has 0 saturated heterocycles. The van der Waals surface area contributed by atoms with Gasteiger partial charge in [-0.05, 0) is 42.5 Å². The van der Waals surface area contributed by atoms with Gasteiger partial charge in [0.15, 0.2) is 0 Å². The Kier molecular flexibility index (Phi) is 8.98. The number of hydrogen-bond acceptors (Lipinski definition) is 5. The lowest BCUT2D eigenvalue weighted by Crippen LogP contribution is -2.38. The van der Waals surface area contributed by atoms with Crippen LogP contribution in [0.25, 0.3) is 0 Å². The topological polar surface area (TPSA) is 108 Å². The summed E-state index contributed by atoms with van der Waals surface area (Å²) < 4.78 is 10.6. The van der Waals surface area contributed by atoms with Crippen molar-refractivity contribution in [2.75, 3.05) is 20.2 Å². The molecule has 0 aliphatic rings. The van der Waals surface area contributed by atoms with Gasteiger partial charge < -0.3 is 25.8 Å². The molecule has 1 atom stereocenters. The van der Waals surface area contributed by atoms with Crippen molar-refractivity contribution in [2.45, 2.75) is 31.9 Å². The van der Waals surface area contributed by atoms with Crippen LogP contribution < -0.4 is 16.2 Å². The van der Waals surface area contributed by atoms with Crippen LogP contribution in [0, 0.1) is 0 Å². The molecule has 2 rings (SSSR count). The highest BCUT2D eigenvalue weighted by Crippen LogP contribution is 2.13. The molecule has 0 spiro atoms. The second-order valence-corrected chi connectivity index (χ2v) is 6.78. The highest BCUT2D eigenvalue weighted by molar-refractivity contribution is 5.79. The summed E-state index contributed by atoms with van der Waals surface area (Å²) in [5, 5.41) is 0. The van der Waals surface area contributed by atoms with E-state index in [-0.39, 0.29) is 6.61 Å². The monoisotopic (exact) mass is 399 g/mol. The van der Waals surface area contributed by atoms with Crippen LogP contribution in [0.5, 0.6) is 5.75 Å². The van der Waals surface area contributed by atoms with Crippen molar-refractivity contribution in [1.29, 1.82) is 0 Å². The zero-order chi connectivity index (χ0) is 21.1. The zero-order valence-corrected chi connectivity index (χ0v) is 16.8. The summed E-state index contributed by atoms with van der Waals surface area (Å²) in [7, 11) is 1.62. The SMILES string of the molecule is COc1ccc(CCN(CCC[C@@H](N)C(N)=O)C(=O)OCc2ccccc2)cc1. The Labute approximate surface area is 171 Å². The van der Waals surface area contributed by atoms with E-state index in [4.69, 9.17) is 20.9 Å². The summed E-state index contributed by atoms with van der Waals surface area (Å²) in [4.78, 5) is 25.4. The summed E-state index contributed by atoms with van der Waals surface area (Å²) >= 11 is 0. The molecule has 7 nitrogen and oxygen atoms in total. The second-order valence-electron chi connectivity index (χ2n) is 6.78. The van der Waals surface area contributed by atoms with E-state index in [0.29, 0.717) is 32.4 Å². The van der Waals surface area contributed by atoms with Gasteiger partial charge in [0, 0.05) is 13.1 Å². The molecule has 29 heavy (non-hydrogen) atoms. The molecule has 0 aromatic heterocycles. The van der Waals surface area contributed by atoms with Crippen LogP contribution in [0.15, 0.2) is 54.6 Å². The Bertz CT molecular complexity index is 765. The van der Waals surface area contributed by atoms with Crippen LogP contribution in [0.2, 0.25) is 0 Å². The Morgan fingerprint density at radius 1 is 1.00 bits per heavy atom. The minimum absolute atomic E-state index is 0.208. The number of nitrogens with zero attached hydrogens (tertiary/aromatic N) is 1. The van der Waals surface area contributed by atoms with E-state index in [2.05, 4.69) is 0 Å². The number of nitrogens with two attached hydrogens (primary N) is 2. The third kappa shape index (κ3) is 7.83. The fourth-order valence-corrected chi connectivity index (χ4v) is 2.81. The molecule has 0 unspecified atom stereocenters. The lowest BCUT2D eigenvalue weighted by Gasteiger charge is -2.23. The fourth-order valence-electron chi connectivity index (χ4n) is 2.81. The molecule has 0 aliphatic carbocycles. The number of primary amides is 1. The Hall–Kier alpha value is -3.06. The summed E-state index contributed by atoms with van der Waals surface area (Å²) in [5.41, 5.74) is 12.9. The van der Waals surface area contributed by atoms with Crippen LogP contribution >= 0.6 is 0 Å². The van der Waals surface area contributed by atoms with Gasteiger partial charge in [-0.2, -0.15) is 0 Å². The highest BCUT2D eigenvalue weighted by Gasteiger charge is 2.17. The van der Waals surface area contributed by atoms with Gasteiger partial charge in [0.25, 0.3) is 0 Å². The van der Waals surface area contributed by atoms with Crippen molar-refractivity contribution >= 4 is 12.0 Å². The van der Waals surface area contributed by atoms with Crippen LogP contribution in [0.4, 0.5) is 4.79 Å². The van der Waals surface area contributed by atoms with Gasteiger partial charge in [-0.1, -0.05) is 42.5 Å². The normalized spacial score (nSPS) is 11.5. The molecule has 2 aromatic rings. The molecular formula is C22H29N3O4. The summed E-state index contributed by atoms with van der Waals surface area (Å²) in [5.74, 6) is 0.245. The minimum atomic E-state index is -0.709. The zero-order valence-electron chi connectivity index (χ0n) is 16.8. The number of methoxy groups -OCH3 is 1. The third-order valence-corrected chi connectivity index (χ3v) is 4.60. The summed E-state index contributed by atoms with van der Waals surface area (Å²) in [6, 6.07) is 16.5. The number of carbonyl (C=O) groups is 2. The molecule has 0 bridgehead atoms. The predicted molar refractivity (Wildman–Crippen MR) is 111 cm³/mol. The quantitative estimate of drug-likeness (QED) is 0.603.